The Hall–Kier alpha value is -2.03. The van der Waals surface area contributed by atoms with Crippen molar-refractivity contribution < 1.29 is 4.57 Å². The Bertz CT molecular complexity index is 1030. The Kier molecular flexibility index (Phi) is 3.51. The van der Waals surface area contributed by atoms with Crippen molar-refractivity contribution in [3.05, 3.63) is 76.8 Å². The lowest BCUT2D eigenvalue weighted by molar-refractivity contribution is -0.668. The second-order valence-electron chi connectivity index (χ2n) is 5.82. The molecule has 2 nitrogen and oxygen atoms in total. The number of halogens is 2. The van der Waals surface area contributed by atoms with Gasteiger partial charge < -0.3 is 0 Å². The molecule has 0 fully saturated rings. The highest BCUT2D eigenvalue weighted by Crippen LogP contribution is 2.25. The predicted molar refractivity (Wildman–Crippen MR) is 96.2 cm³/mol. The maximum atomic E-state index is 6.27. The van der Waals surface area contributed by atoms with Crippen molar-refractivity contribution in [2.45, 2.75) is 6.54 Å². The summed E-state index contributed by atoms with van der Waals surface area (Å²) in [7, 11) is 1.89. The smallest absolute Gasteiger partial charge is 0.222 e. The lowest BCUT2D eigenvalue weighted by atomic mass is 10.0. The van der Waals surface area contributed by atoms with E-state index in [1.54, 1.807) is 0 Å². The molecule has 0 unspecified atom stereocenters. The van der Waals surface area contributed by atoms with Gasteiger partial charge in [0.05, 0.1) is 7.05 Å². The van der Waals surface area contributed by atoms with Crippen LogP contribution in [0.25, 0.3) is 21.5 Å². The molecule has 0 saturated heterocycles. The van der Waals surface area contributed by atoms with Gasteiger partial charge in [0.1, 0.15) is 6.54 Å². The molecule has 0 radical (unpaired) electrons. The standard InChI is InChI=1S/C19H15Cl2N2/c1-22-12-23(19(21)18(22)20)11-13-6-7-16-9-14-4-2-3-5-15(14)10-17(16)8-13/h2-10,12H,11H2,1H3/q+1. The van der Waals surface area contributed by atoms with Crippen molar-refractivity contribution in [3.63, 3.8) is 0 Å². The van der Waals surface area contributed by atoms with Crippen molar-refractivity contribution in [3.8, 4) is 0 Å². The highest BCUT2D eigenvalue weighted by Gasteiger charge is 2.17. The van der Waals surface area contributed by atoms with Gasteiger partial charge in [-0.1, -0.05) is 36.4 Å². The monoisotopic (exact) mass is 341 g/mol. The summed E-state index contributed by atoms with van der Waals surface area (Å²) in [6.45, 7) is 0.697. The molecule has 0 amide bonds. The summed E-state index contributed by atoms with van der Waals surface area (Å²) in [4.78, 5) is 0. The maximum Gasteiger partial charge on any atom is 0.255 e. The Morgan fingerprint density at radius 2 is 1.52 bits per heavy atom. The van der Waals surface area contributed by atoms with Crippen molar-refractivity contribution >= 4 is 44.7 Å². The molecule has 0 spiro atoms. The Labute approximate surface area is 144 Å². The molecule has 1 aromatic heterocycles. The average molecular weight is 342 g/mol. The SMILES string of the molecule is C[n+]1cn(Cc2ccc3cc4ccccc4cc3c2)c(Cl)c1Cl. The third kappa shape index (κ3) is 2.58. The number of nitrogens with zero attached hydrogens (tertiary/aromatic N) is 2. The fraction of sp³-hybridized carbons (Fsp3) is 0.105. The van der Waals surface area contributed by atoms with E-state index in [0.717, 1.165) is 0 Å². The molecule has 0 aliphatic carbocycles. The highest BCUT2D eigenvalue weighted by molar-refractivity contribution is 6.39. The number of hydrogen-bond donors (Lipinski definition) is 0. The summed E-state index contributed by atoms with van der Waals surface area (Å²) < 4.78 is 3.77. The Morgan fingerprint density at radius 1 is 0.870 bits per heavy atom. The van der Waals surface area contributed by atoms with Gasteiger partial charge in [-0.2, -0.15) is 0 Å². The normalized spacial score (nSPS) is 11.4. The zero-order valence-electron chi connectivity index (χ0n) is 12.6. The number of fused-ring (bicyclic) bond motifs is 2. The molecule has 0 N–H and O–H groups in total. The molecule has 114 valence electrons. The minimum Gasteiger partial charge on any atom is -0.222 e. The fourth-order valence-corrected chi connectivity index (χ4v) is 3.36. The van der Waals surface area contributed by atoms with Crippen LogP contribution in [0.1, 0.15) is 5.56 Å². The molecule has 4 rings (SSSR count). The van der Waals surface area contributed by atoms with E-state index in [9.17, 15) is 0 Å². The molecular weight excluding hydrogens is 327 g/mol. The second kappa shape index (κ2) is 5.55. The molecule has 1 heterocycles. The van der Waals surface area contributed by atoms with Crippen LogP contribution >= 0.6 is 23.2 Å². The molecule has 4 heteroatoms. The van der Waals surface area contributed by atoms with E-state index in [2.05, 4.69) is 54.6 Å². The summed E-state index contributed by atoms with van der Waals surface area (Å²) >= 11 is 12.4. The summed E-state index contributed by atoms with van der Waals surface area (Å²) in [5, 5.41) is 6.12. The van der Waals surface area contributed by atoms with Crippen LogP contribution in [0.4, 0.5) is 0 Å². The topological polar surface area (TPSA) is 8.81 Å². The van der Waals surface area contributed by atoms with Gasteiger partial charge in [0.25, 0.3) is 10.3 Å². The van der Waals surface area contributed by atoms with Crippen molar-refractivity contribution in [1.29, 1.82) is 0 Å². The van der Waals surface area contributed by atoms with Crippen molar-refractivity contribution in [2.75, 3.05) is 0 Å². The van der Waals surface area contributed by atoms with Crippen LogP contribution in [-0.2, 0) is 13.6 Å². The van der Waals surface area contributed by atoms with Gasteiger partial charge in [0.15, 0.2) is 0 Å². The van der Waals surface area contributed by atoms with Gasteiger partial charge >= 0.3 is 0 Å². The van der Waals surface area contributed by atoms with E-state index in [1.807, 2.05) is 22.5 Å². The lowest BCUT2D eigenvalue weighted by Crippen LogP contribution is -2.26. The molecular formula is C19H15Cl2N2+. The average Bonchev–Trinajstić information content (AvgIpc) is 2.80. The van der Waals surface area contributed by atoms with Gasteiger partial charge in [-0.15, -0.1) is 0 Å². The quantitative estimate of drug-likeness (QED) is 0.359. The highest BCUT2D eigenvalue weighted by atomic mass is 35.5. The van der Waals surface area contributed by atoms with E-state index in [0.29, 0.717) is 16.9 Å². The minimum atomic E-state index is 0.554. The molecule has 0 aliphatic rings. The first-order valence-corrected chi connectivity index (χ1v) is 8.18. The third-order valence-corrected chi connectivity index (χ3v) is 5.11. The van der Waals surface area contributed by atoms with Crippen LogP contribution in [0, 0.1) is 0 Å². The lowest BCUT2D eigenvalue weighted by Gasteiger charge is -2.05. The zero-order valence-corrected chi connectivity index (χ0v) is 14.1. The molecule has 0 saturated carbocycles. The van der Waals surface area contributed by atoms with Gasteiger partial charge in [0.2, 0.25) is 6.33 Å². The molecule has 0 atom stereocenters. The van der Waals surface area contributed by atoms with Crippen LogP contribution in [0.5, 0.6) is 0 Å². The van der Waals surface area contributed by atoms with Gasteiger partial charge in [-0.05, 0) is 68.5 Å². The molecule has 3 aromatic carbocycles. The minimum absolute atomic E-state index is 0.554. The first-order chi connectivity index (χ1) is 11.1. The van der Waals surface area contributed by atoms with E-state index in [-0.39, 0.29) is 0 Å². The Balaban J connectivity index is 1.78. The summed E-state index contributed by atoms with van der Waals surface area (Å²) in [6.07, 6.45) is 1.91. The van der Waals surface area contributed by atoms with Crippen molar-refractivity contribution in [2.24, 2.45) is 7.05 Å². The first-order valence-electron chi connectivity index (χ1n) is 7.43. The van der Waals surface area contributed by atoms with E-state index in [1.165, 1.54) is 27.1 Å². The number of aryl methyl sites for hydroxylation is 1. The third-order valence-electron chi connectivity index (χ3n) is 4.17. The Morgan fingerprint density at radius 3 is 2.17 bits per heavy atom. The fourth-order valence-electron chi connectivity index (χ4n) is 2.97. The summed E-state index contributed by atoms with van der Waals surface area (Å²) in [5.41, 5.74) is 1.20. The molecule has 4 aromatic rings. The number of rotatable bonds is 2. The van der Waals surface area contributed by atoms with Crippen LogP contribution in [-0.4, -0.2) is 4.57 Å². The van der Waals surface area contributed by atoms with Crippen LogP contribution in [0.3, 0.4) is 0 Å². The second-order valence-corrected chi connectivity index (χ2v) is 6.53. The van der Waals surface area contributed by atoms with E-state index in [4.69, 9.17) is 23.2 Å². The van der Waals surface area contributed by atoms with Gasteiger partial charge in [-0.25, -0.2) is 9.13 Å². The number of imidazole rings is 1. The first kappa shape index (κ1) is 14.6. The van der Waals surface area contributed by atoms with Crippen LogP contribution in [0.2, 0.25) is 10.3 Å². The largest absolute Gasteiger partial charge is 0.255 e. The predicted octanol–water partition coefficient (Wildman–Crippen LogP) is 4.97. The van der Waals surface area contributed by atoms with E-state index < -0.39 is 0 Å². The summed E-state index contributed by atoms with van der Waals surface area (Å²) in [6, 6.07) is 19.4. The van der Waals surface area contributed by atoms with Crippen molar-refractivity contribution in [1.82, 2.24) is 4.57 Å². The van der Waals surface area contributed by atoms with Gasteiger partial charge in [-0.3, -0.25) is 0 Å². The van der Waals surface area contributed by atoms with Gasteiger partial charge in [0, 0.05) is 0 Å². The number of benzene rings is 3. The van der Waals surface area contributed by atoms with E-state index >= 15 is 0 Å². The molecule has 23 heavy (non-hydrogen) atoms. The summed E-state index contributed by atoms with van der Waals surface area (Å²) in [5.74, 6) is 0. The molecule has 0 aliphatic heterocycles. The maximum absolute atomic E-state index is 6.27. The molecule has 0 bridgehead atoms. The van der Waals surface area contributed by atoms with Crippen LogP contribution in [0.15, 0.2) is 60.9 Å². The number of aromatic nitrogens is 2. The van der Waals surface area contributed by atoms with Crippen LogP contribution < -0.4 is 4.57 Å². The zero-order chi connectivity index (χ0) is 16.0. The number of hydrogen-bond acceptors (Lipinski definition) is 0.